The molecule has 0 spiro atoms. The number of β-amino-alcohol motifs (C(OH)–C–C–N with tert-alkyl or cyclic N) is 1. The lowest BCUT2D eigenvalue weighted by atomic mass is 10.1. The summed E-state index contributed by atoms with van der Waals surface area (Å²) in [6.45, 7) is 10.3. The van der Waals surface area contributed by atoms with Gasteiger partial charge in [0.25, 0.3) is 0 Å². The fourth-order valence-electron chi connectivity index (χ4n) is 3.87. The lowest BCUT2D eigenvalue weighted by molar-refractivity contribution is 0.00217. The molecule has 2 saturated heterocycles. The molecule has 144 valence electrons. The largest absolute Gasteiger partial charge is 0.454 e. The lowest BCUT2D eigenvalue weighted by Crippen LogP contribution is -2.50. The van der Waals surface area contributed by atoms with Crippen molar-refractivity contribution in [1.82, 2.24) is 14.7 Å². The molecule has 3 heterocycles. The molecule has 3 aliphatic heterocycles. The Hall–Kier alpha value is -1.38. The Kier molecular flexibility index (Phi) is 5.91. The van der Waals surface area contributed by atoms with Gasteiger partial charge in [0.1, 0.15) is 0 Å². The fourth-order valence-corrected chi connectivity index (χ4v) is 3.87. The Morgan fingerprint density at radius 1 is 0.846 bits per heavy atom. The van der Waals surface area contributed by atoms with Crippen LogP contribution in [-0.2, 0) is 11.3 Å². The SMILES string of the molecule is O[C@H](CN1CCOCC1)CN1CCN(Cc2ccc3c(c2)OCO3)CC1. The number of benzene rings is 1. The molecule has 1 aromatic carbocycles. The molecule has 0 aliphatic carbocycles. The second-order valence-electron chi connectivity index (χ2n) is 7.33. The minimum absolute atomic E-state index is 0.284. The van der Waals surface area contributed by atoms with Crippen LogP contribution in [0.2, 0.25) is 0 Å². The molecule has 1 N–H and O–H groups in total. The fraction of sp³-hybridized carbons (Fsp3) is 0.684. The molecule has 4 rings (SSSR count). The third-order valence-electron chi connectivity index (χ3n) is 5.35. The number of rotatable bonds is 6. The standard InChI is InChI=1S/C19H29N3O4/c23-17(14-22-7-9-24-10-8-22)13-21-5-3-20(4-6-21)12-16-1-2-18-19(11-16)26-15-25-18/h1-2,11,17,23H,3-10,12-15H2/t17-/m0/s1. The van der Waals surface area contributed by atoms with E-state index in [9.17, 15) is 5.11 Å². The Morgan fingerprint density at radius 2 is 1.50 bits per heavy atom. The number of hydrogen-bond acceptors (Lipinski definition) is 7. The highest BCUT2D eigenvalue weighted by Crippen LogP contribution is 2.32. The van der Waals surface area contributed by atoms with Gasteiger partial charge >= 0.3 is 0 Å². The van der Waals surface area contributed by atoms with Crippen LogP contribution in [0, 0.1) is 0 Å². The molecule has 2 fully saturated rings. The Balaban J connectivity index is 1.19. The maximum atomic E-state index is 10.4. The van der Waals surface area contributed by atoms with E-state index in [1.807, 2.05) is 6.07 Å². The summed E-state index contributed by atoms with van der Waals surface area (Å²) < 4.78 is 16.2. The number of piperazine rings is 1. The number of fused-ring (bicyclic) bond motifs is 1. The van der Waals surface area contributed by atoms with E-state index in [1.165, 1.54) is 5.56 Å². The summed E-state index contributed by atoms with van der Waals surface area (Å²) in [5.74, 6) is 1.69. The smallest absolute Gasteiger partial charge is 0.231 e. The van der Waals surface area contributed by atoms with Crippen LogP contribution in [0.3, 0.4) is 0 Å². The molecule has 26 heavy (non-hydrogen) atoms. The third kappa shape index (κ3) is 4.66. The van der Waals surface area contributed by atoms with E-state index in [4.69, 9.17) is 14.2 Å². The van der Waals surface area contributed by atoms with Gasteiger partial charge in [-0.3, -0.25) is 14.7 Å². The monoisotopic (exact) mass is 363 g/mol. The van der Waals surface area contributed by atoms with Crippen molar-refractivity contribution < 1.29 is 19.3 Å². The second kappa shape index (κ2) is 8.54. The van der Waals surface area contributed by atoms with Crippen molar-refractivity contribution >= 4 is 0 Å². The summed E-state index contributed by atoms with van der Waals surface area (Å²) >= 11 is 0. The van der Waals surface area contributed by atoms with Gasteiger partial charge in [-0.15, -0.1) is 0 Å². The number of aliphatic hydroxyl groups excluding tert-OH is 1. The van der Waals surface area contributed by atoms with Crippen molar-refractivity contribution in [3.05, 3.63) is 23.8 Å². The maximum absolute atomic E-state index is 10.4. The zero-order chi connectivity index (χ0) is 17.8. The number of aliphatic hydroxyl groups is 1. The molecule has 1 aromatic rings. The molecular weight excluding hydrogens is 334 g/mol. The number of hydrogen-bond donors (Lipinski definition) is 1. The summed E-state index contributed by atoms with van der Waals surface area (Å²) in [6, 6.07) is 6.20. The first-order chi connectivity index (χ1) is 12.8. The third-order valence-corrected chi connectivity index (χ3v) is 5.35. The highest BCUT2D eigenvalue weighted by molar-refractivity contribution is 5.44. The van der Waals surface area contributed by atoms with Gasteiger partial charge in [0, 0.05) is 58.9 Å². The average molecular weight is 363 g/mol. The molecule has 0 radical (unpaired) electrons. The first-order valence-electron chi connectivity index (χ1n) is 9.58. The van der Waals surface area contributed by atoms with Crippen molar-refractivity contribution in [3.63, 3.8) is 0 Å². The summed E-state index contributed by atoms with van der Waals surface area (Å²) in [5.41, 5.74) is 1.26. The van der Waals surface area contributed by atoms with Gasteiger partial charge in [-0.05, 0) is 17.7 Å². The molecule has 0 saturated carbocycles. The number of morpholine rings is 1. The van der Waals surface area contributed by atoms with E-state index < -0.39 is 0 Å². The van der Waals surface area contributed by atoms with Crippen LogP contribution in [0.25, 0.3) is 0 Å². The molecular formula is C19H29N3O4. The van der Waals surface area contributed by atoms with E-state index >= 15 is 0 Å². The molecule has 7 heteroatoms. The van der Waals surface area contributed by atoms with Gasteiger partial charge in [-0.2, -0.15) is 0 Å². The van der Waals surface area contributed by atoms with Crippen LogP contribution in [0.1, 0.15) is 5.56 Å². The first-order valence-corrected chi connectivity index (χ1v) is 9.58. The van der Waals surface area contributed by atoms with Crippen molar-refractivity contribution in [2.75, 3.05) is 72.4 Å². The predicted molar refractivity (Wildman–Crippen MR) is 97.5 cm³/mol. The molecule has 3 aliphatic rings. The Labute approximate surface area is 155 Å². The molecule has 7 nitrogen and oxygen atoms in total. The Morgan fingerprint density at radius 3 is 2.27 bits per heavy atom. The minimum Gasteiger partial charge on any atom is -0.454 e. The van der Waals surface area contributed by atoms with Crippen molar-refractivity contribution in [3.8, 4) is 11.5 Å². The summed E-state index contributed by atoms with van der Waals surface area (Å²) in [6.07, 6.45) is -0.284. The summed E-state index contributed by atoms with van der Waals surface area (Å²) in [4.78, 5) is 7.13. The molecule has 1 atom stereocenters. The van der Waals surface area contributed by atoms with Gasteiger partial charge in [0.05, 0.1) is 19.3 Å². The highest BCUT2D eigenvalue weighted by Gasteiger charge is 2.22. The van der Waals surface area contributed by atoms with Gasteiger partial charge in [0.2, 0.25) is 6.79 Å². The van der Waals surface area contributed by atoms with Gasteiger partial charge in [-0.1, -0.05) is 6.07 Å². The van der Waals surface area contributed by atoms with E-state index in [2.05, 4.69) is 26.8 Å². The van der Waals surface area contributed by atoms with Gasteiger partial charge < -0.3 is 19.3 Å². The van der Waals surface area contributed by atoms with Crippen LogP contribution in [0.4, 0.5) is 0 Å². The van der Waals surface area contributed by atoms with Gasteiger partial charge in [-0.25, -0.2) is 0 Å². The summed E-state index contributed by atoms with van der Waals surface area (Å²) in [7, 11) is 0. The lowest BCUT2D eigenvalue weighted by Gasteiger charge is -2.36. The normalized spacial score (nSPS) is 23.3. The van der Waals surface area contributed by atoms with Gasteiger partial charge in [0.15, 0.2) is 11.5 Å². The highest BCUT2D eigenvalue weighted by atomic mass is 16.7. The Bertz CT molecular complexity index is 586. The van der Waals surface area contributed by atoms with Crippen LogP contribution in [-0.4, -0.2) is 98.3 Å². The summed E-state index contributed by atoms with van der Waals surface area (Å²) in [5, 5.41) is 10.4. The van der Waals surface area contributed by atoms with Crippen LogP contribution >= 0.6 is 0 Å². The zero-order valence-corrected chi connectivity index (χ0v) is 15.3. The van der Waals surface area contributed by atoms with E-state index in [-0.39, 0.29) is 6.10 Å². The average Bonchev–Trinajstić information content (AvgIpc) is 3.12. The number of ether oxygens (including phenoxy) is 3. The topological polar surface area (TPSA) is 57.6 Å². The van der Waals surface area contributed by atoms with E-state index in [1.54, 1.807) is 0 Å². The first kappa shape index (κ1) is 18.0. The minimum atomic E-state index is -0.284. The van der Waals surface area contributed by atoms with Crippen LogP contribution in [0.5, 0.6) is 11.5 Å². The van der Waals surface area contributed by atoms with E-state index in [0.29, 0.717) is 6.79 Å². The van der Waals surface area contributed by atoms with Crippen molar-refractivity contribution in [1.29, 1.82) is 0 Å². The quantitative estimate of drug-likeness (QED) is 0.776. The molecule has 0 unspecified atom stereocenters. The van der Waals surface area contributed by atoms with Crippen molar-refractivity contribution in [2.24, 2.45) is 0 Å². The zero-order valence-electron chi connectivity index (χ0n) is 15.3. The second-order valence-corrected chi connectivity index (χ2v) is 7.33. The maximum Gasteiger partial charge on any atom is 0.231 e. The van der Waals surface area contributed by atoms with Crippen LogP contribution in [0.15, 0.2) is 18.2 Å². The van der Waals surface area contributed by atoms with Crippen molar-refractivity contribution in [2.45, 2.75) is 12.6 Å². The molecule has 0 amide bonds. The van der Waals surface area contributed by atoms with E-state index in [0.717, 1.165) is 83.6 Å². The molecule has 0 aromatic heterocycles. The molecule has 0 bridgehead atoms. The predicted octanol–water partition coefficient (Wildman–Crippen LogP) is 0.226. The van der Waals surface area contributed by atoms with Crippen LogP contribution < -0.4 is 9.47 Å². The number of nitrogens with zero attached hydrogens (tertiary/aromatic N) is 3.